The number of anilines is 2. The van der Waals surface area contributed by atoms with Crippen molar-refractivity contribution in [2.24, 2.45) is 5.92 Å². The van der Waals surface area contributed by atoms with E-state index in [4.69, 9.17) is 0 Å². The van der Waals surface area contributed by atoms with Gasteiger partial charge in [-0.25, -0.2) is 9.97 Å². The number of benzene rings is 1. The summed E-state index contributed by atoms with van der Waals surface area (Å²) in [7, 11) is 0. The summed E-state index contributed by atoms with van der Waals surface area (Å²) < 4.78 is 0. The summed E-state index contributed by atoms with van der Waals surface area (Å²) in [4.78, 5) is 41.6. The number of hydrogen-bond acceptors (Lipinski definition) is 6. The van der Waals surface area contributed by atoms with Gasteiger partial charge in [0.05, 0.1) is 11.3 Å². The fraction of sp³-hybridized carbons (Fsp3) is 0.440. The average Bonchev–Trinajstić information content (AvgIpc) is 3.49. The summed E-state index contributed by atoms with van der Waals surface area (Å²) in [6.07, 6.45) is 5.30. The molecule has 172 valence electrons. The van der Waals surface area contributed by atoms with Crippen molar-refractivity contribution in [1.82, 2.24) is 14.9 Å². The smallest absolute Gasteiger partial charge is 0.228 e. The van der Waals surface area contributed by atoms with E-state index in [-0.39, 0.29) is 24.2 Å². The third kappa shape index (κ3) is 4.44. The molecule has 8 heteroatoms. The summed E-state index contributed by atoms with van der Waals surface area (Å²) in [5.74, 6) is 0.798. The van der Waals surface area contributed by atoms with Crippen molar-refractivity contribution < 1.29 is 9.59 Å². The number of aromatic nitrogens is 2. The van der Waals surface area contributed by atoms with Gasteiger partial charge in [-0.05, 0) is 42.0 Å². The second-order valence-electron chi connectivity index (χ2n) is 8.82. The van der Waals surface area contributed by atoms with Crippen molar-refractivity contribution in [2.45, 2.75) is 32.6 Å². The number of aryl methyl sites for hydroxylation is 1. The number of rotatable bonds is 6. The molecule has 1 aromatic carbocycles. The Morgan fingerprint density at radius 3 is 2.64 bits per heavy atom. The Bertz CT molecular complexity index is 1140. The molecule has 0 radical (unpaired) electrons. The zero-order valence-electron chi connectivity index (χ0n) is 18.9. The number of carbonyl (C=O) groups is 2. The first kappa shape index (κ1) is 21.8. The predicted molar refractivity (Wildman–Crippen MR) is 132 cm³/mol. The van der Waals surface area contributed by atoms with Gasteiger partial charge in [0, 0.05) is 44.8 Å². The molecule has 2 fully saturated rings. The molecule has 1 unspecified atom stereocenters. The molecule has 2 saturated heterocycles. The number of piperazine rings is 1. The van der Waals surface area contributed by atoms with E-state index < -0.39 is 0 Å². The predicted octanol–water partition coefficient (Wildman–Crippen LogP) is 3.74. The monoisotopic (exact) mass is 463 g/mol. The largest absolute Gasteiger partial charge is 0.352 e. The molecule has 0 N–H and O–H groups in total. The molecule has 0 saturated carbocycles. The zero-order valence-corrected chi connectivity index (χ0v) is 19.8. The van der Waals surface area contributed by atoms with Crippen molar-refractivity contribution in [3.8, 4) is 0 Å². The van der Waals surface area contributed by atoms with E-state index in [9.17, 15) is 9.59 Å². The van der Waals surface area contributed by atoms with E-state index in [0.717, 1.165) is 41.2 Å². The maximum atomic E-state index is 13.2. The highest BCUT2D eigenvalue weighted by Crippen LogP contribution is 2.29. The van der Waals surface area contributed by atoms with Gasteiger partial charge in [-0.3, -0.25) is 9.59 Å². The number of fused-ring (bicyclic) bond motifs is 1. The molecule has 0 spiro atoms. The fourth-order valence-corrected chi connectivity index (χ4v) is 5.50. The minimum absolute atomic E-state index is 0.0362. The van der Waals surface area contributed by atoms with E-state index in [1.54, 1.807) is 22.6 Å². The van der Waals surface area contributed by atoms with Crippen LogP contribution in [0.25, 0.3) is 10.2 Å². The highest BCUT2D eigenvalue weighted by Gasteiger charge is 2.38. The molecule has 0 bridgehead atoms. The third-order valence-electron chi connectivity index (χ3n) is 6.67. The van der Waals surface area contributed by atoms with E-state index in [0.29, 0.717) is 19.6 Å². The molecule has 4 heterocycles. The second-order valence-corrected chi connectivity index (χ2v) is 9.72. The number of unbranched alkanes of at least 4 members (excludes halogenated alkanes) is 1. The lowest BCUT2D eigenvalue weighted by Gasteiger charge is -2.36. The lowest BCUT2D eigenvalue weighted by molar-refractivity contribution is -0.136. The molecular formula is C25H29N5O2S. The fourth-order valence-electron chi connectivity index (χ4n) is 4.77. The minimum Gasteiger partial charge on any atom is -0.352 e. The molecule has 0 aliphatic carbocycles. The molecule has 2 aliphatic rings. The van der Waals surface area contributed by atoms with Crippen LogP contribution in [0, 0.1) is 5.92 Å². The molecule has 5 rings (SSSR count). The second kappa shape index (κ2) is 9.47. The van der Waals surface area contributed by atoms with Gasteiger partial charge in [-0.1, -0.05) is 25.5 Å². The first-order valence-electron chi connectivity index (χ1n) is 11.8. The third-order valence-corrected chi connectivity index (χ3v) is 7.49. The van der Waals surface area contributed by atoms with Gasteiger partial charge in [-0.15, -0.1) is 11.3 Å². The highest BCUT2D eigenvalue weighted by atomic mass is 32.1. The first-order valence-corrected chi connectivity index (χ1v) is 12.6. The van der Waals surface area contributed by atoms with Crippen LogP contribution in [0.15, 0.2) is 42.0 Å². The number of carbonyl (C=O) groups excluding carboxylic acids is 2. The molecule has 1 atom stereocenters. The molecule has 2 aliphatic heterocycles. The van der Waals surface area contributed by atoms with Crippen LogP contribution in [-0.4, -0.2) is 59.4 Å². The lowest BCUT2D eigenvalue weighted by atomic mass is 10.1. The minimum atomic E-state index is -0.272. The van der Waals surface area contributed by atoms with Crippen LogP contribution in [0.3, 0.4) is 0 Å². The number of thiophene rings is 1. The Labute approximate surface area is 198 Å². The summed E-state index contributed by atoms with van der Waals surface area (Å²) in [6.45, 7) is 5.41. The Kier molecular flexibility index (Phi) is 6.26. The van der Waals surface area contributed by atoms with Crippen LogP contribution in [-0.2, 0) is 16.0 Å². The molecule has 33 heavy (non-hydrogen) atoms. The molecule has 3 aromatic rings. The molecular weight excluding hydrogens is 434 g/mol. The Morgan fingerprint density at radius 2 is 1.88 bits per heavy atom. The standard InChI is InChI=1S/C25H29N5O2S/c1-2-3-4-18-5-7-20(8-6-18)30-16-19(15-22(30)31)25(32)29-12-10-28(11-13-29)23-21-9-14-33-24(21)27-17-26-23/h5-9,14,17,19H,2-4,10-13,15-16H2,1H3. The normalized spacial score (nSPS) is 19.0. The van der Waals surface area contributed by atoms with Gasteiger partial charge in [0.1, 0.15) is 17.0 Å². The SMILES string of the molecule is CCCCc1ccc(N2CC(C(=O)N3CCN(c4ncnc5sccc45)CC3)CC2=O)cc1. The summed E-state index contributed by atoms with van der Waals surface area (Å²) in [6, 6.07) is 10.3. The maximum absolute atomic E-state index is 13.2. The zero-order chi connectivity index (χ0) is 22.8. The van der Waals surface area contributed by atoms with E-state index in [1.807, 2.05) is 22.4 Å². The maximum Gasteiger partial charge on any atom is 0.228 e. The summed E-state index contributed by atoms with van der Waals surface area (Å²) in [5, 5.41) is 3.10. The van der Waals surface area contributed by atoms with Crippen LogP contribution in [0.4, 0.5) is 11.5 Å². The molecule has 2 aromatic heterocycles. The Balaban J connectivity index is 1.19. The lowest BCUT2D eigenvalue weighted by Crippen LogP contribution is -2.51. The van der Waals surface area contributed by atoms with Crippen molar-refractivity contribution >= 4 is 44.9 Å². The van der Waals surface area contributed by atoms with Gasteiger partial charge in [0.15, 0.2) is 0 Å². The highest BCUT2D eigenvalue weighted by molar-refractivity contribution is 7.16. The van der Waals surface area contributed by atoms with E-state index in [2.05, 4.69) is 40.0 Å². The van der Waals surface area contributed by atoms with Gasteiger partial charge in [0.2, 0.25) is 11.8 Å². The van der Waals surface area contributed by atoms with Crippen LogP contribution in [0.5, 0.6) is 0 Å². The van der Waals surface area contributed by atoms with Crippen molar-refractivity contribution in [2.75, 3.05) is 42.5 Å². The van der Waals surface area contributed by atoms with Crippen LogP contribution < -0.4 is 9.80 Å². The first-order chi connectivity index (χ1) is 16.1. The number of amides is 2. The quantitative estimate of drug-likeness (QED) is 0.557. The van der Waals surface area contributed by atoms with Gasteiger partial charge >= 0.3 is 0 Å². The van der Waals surface area contributed by atoms with Gasteiger partial charge in [0.25, 0.3) is 0 Å². The summed E-state index contributed by atoms with van der Waals surface area (Å²) in [5.41, 5.74) is 2.19. The molecule has 2 amide bonds. The number of nitrogens with zero attached hydrogens (tertiary/aromatic N) is 5. The van der Waals surface area contributed by atoms with Gasteiger partial charge in [-0.2, -0.15) is 0 Å². The van der Waals surface area contributed by atoms with Gasteiger partial charge < -0.3 is 14.7 Å². The number of hydrogen-bond donors (Lipinski definition) is 0. The van der Waals surface area contributed by atoms with Crippen molar-refractivity contribution in [3.05, 3.63) is 47.6 Å². The topological polar surface area (TPSA) is 69.6 Å². The Morgan fingerprint density at radius 1 is 1.09 bits per heavy atom. The van der Waals surface area contributed by atoms with Crippen molar-refractivity contribution in [1.29, 1.82) is 0 Å². The van der Waals surface area contributed by atoms with Crippen molar-refractivity contribution in [3.63, 3.8) is 0 Å². The Hall–Kier alpha value is -3.00. The van der Waals surface area contributed by atoms with E-state index in [1.165, 1.54) is 18.4 Å². The van der Waals surface area contributed by atoms with Crippen LogP contribution in [0.1, 0.15) is 31.7 Å². The summed E-state index contributed by atoms with van der Waals surface area (Å²) >= 11 is 1.61. The van der Waals surface area contributed by atoms with Crippen LogP contribution in [0.2, 0.25) is 0 Å². The van der Waals surface area contributed by atoms with E-state index >= 15 is 0 Å². The van der Waals surface area contributed by atoms with Crippen LogP contribution >= 0.6 is 11.3 Å². The average molecular weight is 464 g/mol. The molecule has 7 nitrogen and oxygen atoms in total.